The minimum atomic E-state index is -4.55. The molecule has 0 spiro atoms. The first-order valence-electron chi connectivity index (χ1n) is 21.5. The van der Waals surface area contributed by atoms with Gasteiger partial charge in [-0.15, -0.1) is 0 Å². The maximum absolute atomic E-state index is 14.3. The molecule has 11 aromatic rings. The van der Waals surface area contributed by atoms with Crippen molar-refractivity contribution in [3.63, 3.8) is 0 Å². The first-order chi connectivity index (χ1) is 32.6. The molecule has 0 bridgehead atoms. The Bertz CT molecular complexity index is 3980. The van der Waals surface area contributed by atoms with Crippen molar-refractivity contribution in [3.05, 3.63) is 228 Å². The van der Waals surface area contributed by atoms with Crippen LogP contribution < -0.4 is 0 Å². The highest BCUT2D eigenvalue weighted by Crippen LogP contribution is 2.45. The number of benzene rings is 9. The number of aromatic nitrogens is 2. The zero-order valence-corrected chi connectivity index (χ0v) is 35.8. The van der Waals surface area contributed by atoms with E-state index in [1.165, 1.54) is 6.07 Å². The minimum absolute atomic E-state index is 0.373. The number of halogens is 3. The van der Waals surface area contributed by atoms with Crippen LogP contribution in [0.2, 0.25) is 0 Å². The topological polar surface area (TPSA) is 42.4 Å². The molecule has 0 aliphatic carbocycles. The van der Waals surface area contributed by atoms with Gasteiger partial charge >= 0.3 is 6.18 Å². The SMILES string of the molecule is [C-]#[N+]c1ccccc1-c1ccc2c(c1)c1ccccc1n2-c1ccc(-c2cc(C)cc(C(F)(F)F)c2)cc1-c1cc(-n2c3ccccc3c3cc(-c4ccccc4C#N)ccc32)ccc1[N+]#[C-]. The van der Waals surface area contributed by atoms with Gasteiger partial charge in [-0.1, -0.05) is 109 Å². The van der Waals surface area contributed by atoms with E-state index in [4.69, 9.17) is 13.1 Å². The van der Waals surface area contributed by atoms with Crippen LogP contribution in [0.1, 0.15) is 16.7 Å². The smallest absolute Gasteiger partial charge is 0.309 e. The molecular weight excluding hydrogens is 836 g/mol. The van der Waals surface area contributed by atoms with Crippen LogP contribution in [0, 0.1) is 31.4 Å². The van der Waals surface area contributed by atoms with Gasteiger partial charge in [0.05, 0.1) is 58.1 Å². The lowest BCUT2D eigenvalue weighted by molar-refractivity contribution is -0.137. The summed E-state index contributed by atoms with van der Waals surface area (Å²) in [5.41, 5.74) is 12.1. The number of para-hydroxylation sites is 3. The quantitative estimate of drug-likeness (QED) is 0.154. The van der Waals surface area contributed by atoms with Crippen LogP contribution in [0.4, 0.5) is 24.5 Å². The predicted octanol–water partition coefficient (Wildman–Crippen LogP) is 16.8. The van der Waals surface area contributed by atoms with Crippen LogP contribution in [-0.2, 0) is 6.18 Å². The monoisotopic (exact) mass is 869 g/mol. The Morgan fingerprint density at radius 1 is 0.463 bits per heavy atom. The number of fused-ring (bicyclic) bond motifs is 6. The molecule has 2 heterocycles. The largest absolute Gasteiger partial charge is 0.416 e. The molecule has 0 N–H and O–H groups in total. The van der Waals surface area contributed by atoms with E-state index in [1.807, 2.05) is 133 Å². The summed E-state index contributed by atoms with van der Waals surface area (Å²) in [4.78, 5) is 7.85. The minimum Gasteiger partial charge on any atom is -0.309 e. The number of alkyl halides is 3. The molecule has 0 aliphatic heterocycles. The van der Waals surface area contributed by atoms with Gasteiger partial charge in [0, 0.05) is 27.2 Å². The molecule has 0 fully saturated rings. The highest BCUT2D eigenvalue weighted by molar-refractivity contribution is 6.12. The Kier molecular flexibility index (Phi) is 9.59. The summed E-state index contributed by atoms with van der Waals surface area (Å²) in [6.45, 7) is 18.0. The fraction of sp³-hybridized carbons (Fsp3) is 0.0339. The van der Waals surface area contributed by atoms with Crippen LogP contribution in [0.5, 0.6) is 0 Å². The van der Waals surface area contributed by atoms with Gasteiger partial charge in [0.15, 0.2) is 11.4 Å². The first-order valence-corrected chi connectivity index (χ1v) is 21.5. The van der Waals surface area contributed by atoms with Gasteiger partial charge in [0.2, 0.25) is 0 Å². The van der Waals surface area contributed by atoms with Crippen molar-refractivity contribution >= 4 is 55.0 Å². The fourth-order valence-corrected chi connectivity index (χ4v) is 9.68. The van der Waals surface area contributed by atoms with Crippen molar-refractivity contribution in [2.75, 3.05) is 0 Å². The molecule has 0 atom stereocenters. The summed E-state index contributed by atoms with van der Waals surface area (Å²) >= 11 is 0. The lowest BCUT2D eigenvalue weighted by Gasteiger charge is -2.19. The van der Waals surface area contributed by atoms with E-state index < -0.39 is 11.7 Å². The normalized spacial score (nSPS) is 11.5. The number of nitriles is 1. The first kappa shape index (κ1) is 40.6. The van der Waals surface area contributed by atoms with E-state index >= 15 is 0 Å². The third-order valence-electron chi connectivity index (χ3n) is 12.7. The van der Waals surface area contributed by atoms with Crippen LogP contribution >= 0.6 is 0 Å². The highest BCUT2D eigenvalue weighted by Gasteiger charge is 2.31. The molecule has 0 radical (unpaired) electrons. The molecule has 0 aliphatic rings. The van der Waals surface area contributed by atoms with Crippen molar-refractivity contribution in [1.29, 1.82) is 5.26 Å². The summed E-state index contributed by atoms with van der Waals surface area (Å²) in [7, 11) is 0. The number of nitrogens with zero attached hydrogens (tertiary/aromatic N) is 5. The molecule has 2 aromatic heterocycles. The summed E-state index contributed by atoms with van der Waals surface area (Å²) in [5.74, 6) is 0. The predicted molar refractivity (Wildman–Crippen MR) is 264 cm³/mol. The molecule has 0 unspecified atom stereocenters. The van der Waals surface area contributed by atoms with Gasteiger partial charge in [-0.2, -0.15) is 18.4 Å². The van der Waals surface area contributed by atoms with Crippen LogP contribution in [-0.4, -0.2) is 9.13 Å². The molecule has 11 rings (SSSR count). The number of hydrogen-bond acceptors (Lipinski definition) is 1. The summed E-state index contributed by atoms with van der Waals surface area (Å²) in [6.07, 6.45) is -4.55. The Balaban J connectivity index is 1.18. The third kappa shape index (κ3) is 6.78. The lowest BCUT2D eigenvalue weighted by Crippen LogP contribution is -2.05. The van der Waals surface area contributed by atoms with Crippen molar-refractivity contribution in [3.8, 4) is 62.0 Å². The second-order valence-corrected chi connectivity index (χ2v) is 16.6. The molecule has 0 saturated carbocycles. The Labute approximate surface area is 383 Å². The molecule has 67 heavy (non-hydrogen) atoms. The maximum atomic E-state index is 14.3. The highest BCUT2D eigenvalue weighted by atomic mass is 19.4. The zero-order chi connectivity index (χ0) is 46.0. The molecule has 0 amide bonds. The van der Waals surface area contributed by atoms with Gasteiger partial charge in [-0.05, 0) is 136 Å². The van der Waals surface area contributed by atoms with Gasteiger partial charge in [-0.25, -0.2) is 9.69 Å². The van der Waals surface area contributed by atoms with E-state index in [9.17, 15) is 18.4 Å². The van der Waals surface area contributed by atoms with Crippen molar-refractivity contribution < 1.29 is 13.2 Å². The van der Waals surface area contributed by atoms with Crippen LogP contribution in [0.3, 0.4) is 0 Å². The van der Waals surface area contributed by atoms with Crippen molar-refractivity contribution in [2.45, 2.75) is 13.1 Å². The fourth-order valence-electron chi connectivity index (χ4n) is 9.68. The zero-order valence-electron chi connectivity index (χ0n) is 35.8. The van der Waals surface area contributed by atoms with Gasteiger partial charge in [-0.3, -0.25) is 0 Å². The summed E-state index contributed by atoms with van der Waals surface area (Å²) < 4.78 is 47.3. The summed E-state index contributed by atoms with van der Waals surface area (Å²) in [6, 6.07) is 61.5. The molecule has 316 valence electrons. The van der Waals surface area contributed by atoms with Crippen LogP contribution in [0.25, 0.3) is 109 Å². The molecule has 9 aromatic carbocycles. The Morgan fingerprint density at radius 3 is 1.72 bits per heavy atom. The Hall–Kier alpha value is -9.16. The van der Waals surface area contributed by atoms with E-state index in [-0.39, 0.29) is 0 Å². The lowest BCUT2D eigenvalue weighted by atomic mass is 9.94. The van der Waals surface area contributed by atoms with Crippen LogP contribution in [0.15, 0.2) is 188 Å². The van der Waals surface area contributed by atoms with E-state index in [2.05, 4.69) is 61.3 Å². The average molecular weight is 870 g/mol. The maximum Gasteiger partial charge on any atom is 0.416 e. The van der Waals surface area contributed by atoms with E-state index in [0.717, 1.165) is 83.3 Å². The third-order valence-corrected chi connectivity index (χ3v) is 12.7. The number of aryl methyl sites for hydroxylation is 1. The molecule has 0 saturated heterocycles. The van der Waals surface area contributed by atoms with E-state index in [0.29, 0.717) is 44.8 Å². The molecular formula is C59H34F3N5. The standard InChI is InChI=1S/C59H34F3N5/c1-36-28-41(30-42(29-36)59(60,61)62)37-20-25-58(67-55-19-11-8-16-47(55)50-33-39(22-27-57(50)67)45-14-6-9-17-52(45)64-2)51(31-37)48-34-43(23-24-53(48)65-3)66-54-18-10-7-15-46(54)49-32-38(21-26-56(49)66)44-13-5-4-12-40(44)35-63/h4-34H,1H3. The Morgan fingerprint density at radius 2 is 1.03 bits per heavy atom. The van der Waals surface area contributed by atoms with Gasteiger partial charge < -0.3 is 9.13 Å². The molecule has 5 nitrogen and oxygen atoms in total. The van der Waals surface area contributed by atoms with Gasteiger partial charge in [0.25, 0.3) is 0 Å². The second-order valence-electron chi connectivity index (χ2n) is 16.6. The number of hydrogen-bond donors (Lipinski definition) is 0. The second kappa shape index (κ2) is 15.8. The molecule has 8 heteroatoms. The van der Waals surface area contributed by atoms with E-state index in [1.54, 1.807) is 13.0 Å². The average Bonchev–Trinajstić information content (AvgIpc) is 3.87. The van der Waals surface area contributed by atoms with Crippen molar-refractivity contribution in [1.82, 2.24) is 9.13 Å². The van der Waals surface area contributed by atoms with Gasteiger partial charge in [0.1, 0.15) is 0 Å². The number of rotatable bonds is 6. The van der Waals surface area contributed by atoms with Crippen molar-refractivity contribution in [2.24, 2.45) is 0 Å². The summed E-state index contributed by atoms with van der Waals surface area (Å²) in [5, 5.41) is 13.9.